The first kappa shape index (κ1) is 40.5. The number of nitrogens with zero attached hydrogens (tertiary/aromatic N) is 5. The number of nitrogens with one attached hydrogen (secondary N) is 3. The van der Waals surface area contributed by atoms with E-state index in [2.05, 4.69) is 38.9 Å². The maximum Gasteiger partial charge on any atom is 0.245 e. The molecule has 2 rings (SSSR count). The van der Waals surface area contributed by atoms with Gasteiger partial charge in [-0.3, -0.25) is 23.9 Å². The van der Waals surface area contributed by atoms with Gasteiger partial charge in [0.2, 0.25) is 23.6 Å². The van der Waals surface area contributed by atoms with Gasteiger partial charge in [-0.15, -0.1) is 5.10 Å². The molecule has 1 fully saturated rings. The summed E-state index contributed by atoms with van der Waals surface area (Å²) in [5.74, 6) is -0.357. The molecule has 3 N–H and O–H groups in total. The average Bonchev–Trinajstić information content (AvgIpc) is 3.70. The van der Waals surface area contributed by atoms with Crippen molar-refractivity contribution in [2.24, 2.45) is 17.8 Å². The van der Waals surface area contributed by atoms with Crippen LogP contribution in [0.5, 0.6) is 0 Å². The summed E-state index contributed by atoms with van der Waals surface area (Å²) in [6.45, 7) is 13.3. The van der Waals surface area contributed by atoms with Crippen LogP contribution in [-0.2, 0) is 36.2 Å². The zero-order chi connectivity index (χ0) is 35.3. The summed E-state index contributed by atoms with van der Waals surface area (Å²) < 4.78 is 7.58. The van der Waals surface area contributed by atoms with Crippen molar-refractivity contribution in [2.45, 2.75) is 123 Å². The number of hydrogen-bond donors (Lipinski definition) is 4. The Bertz CT molecular complexity index is 1150. The molecule has 1 aromatic heterocycles. The lowest BCUT2D eigenvalue weighted by molar-refractivity contribution is -0.144. The Kier molecular flexibility index (Phi) is 17.2. The van der Waals surface area contributed by atoms with Gasteiger partial charge in [0.1, 0.15) is 6.04 Å². The van der Waals surface area contributed by atoms with E-state index in [-0.39, 0.29) is 59.9 Å². The summed E-state index contributed by atoms with van der Waals surface area (Å²) in [5.41, 5.74) is 0.780. The third-order valence-electron chi connectivity index (χ3n) is 9.19. The molecule has 0 aliphatic carbocycles. The monoisotopic (exact) mass is 680 g/mol. The van der Waals surface area contributed by atoms with Crippen molar-refractivity contribution in [1.82, 2.24) is 40.7 Å². The number of rotatable bonds is 20. The maximum atomic E-state index is 13.9. The molecule has 0 bridgehead atoms. The number of carbonyl (C=O) groups is 4. The Hall–Kier alpha value is -2.71. The zero-order valence-electron chi connectivity index (χ0n) is 30.0. The van der Waals surface area contributed by atoms with Crippen LogP contribution in [0.3, 0.4) is 0 Å². The highest BCUT2D eigenvalue weighted by Crippen LogP contribution is 2.27. The van der Waals surface area contributed by atoms with Crippen LogP contribution >= 0.6 is 12.6 Å². The molecule has 2 heterocycles. The molecule has 6 unspecified atom stereocenters. The Morgan fingerprint density at radius 3 is 2.34 bits per heavy atom. The van der Waals surface area contributed by atoms with Crippen LogP contribution in [0.2, 0.25) is 0 Å². The molecule has 47 heavy (non-hydrogen) atoms. The smallest absolute Gasteiger partial charge is 0.245 e. The first-order valence-electron chi connectivity index (χ1n) is 17.1. The molecule has 0 saturated carbocycles. The highest BCUT2D eigenvalue weighted by Gasteiger charge is 2.38. The fourth-order valence-electron chi connectivity index (χ4n) is 6.41. The largest absolute Gasteiger partial charge is 0.379 e. The van der Waals surface area contributed by atoms with E-state index in [1.165, 1.54) is 0 Å². The number of methoxy groups -OCH3 is 1. The van der Waals surface area contributed by atoms with E-state index in [1.807, 2.05) is 52.6 Å². The molecular formula is C33H60N8O5S. The van der Waals surface area contributed by atoms with Gasteiger partial charge in [0, 0.05) is 51.2 Å². The summed E-state index contributed by atoms with van der Waals surface area (Å²) >= 11 is 4.20. The van der Waals surface area contributed by atoms with Crippen molar-refractivity contribution >= 4 is 36.3 Å². The van der Waals surface area contributed by atoms with Crippen LogP contribution in [-0.4, -0.2) is 113 Å². The number of ether oxygens (including phenoxy) is 1. The molecule has 1 aromatic rings. The topological polar surface area (TPSA) is 151 Å². The minimum absolute atomic E-state index is 0.0393. The van der Waals surface area contributed by atoms with Crippen LogP contribution in [0, 0.1) is 17.8 Å². The lowest BCUT2D eigenvalue weighted by Crippen LogP contribution is -2.58. The minimum atomic E-state index is -0.716. The summed E-state index contributed by atoms with van der Waals surface area (Å²) in [6.07, 6.45) is 5.11. The number of amides is 4. The zero-order valence-corrected chi connectivity index (χ0v) is 30.9. The molecule has 1 aliphatic rings. The van der Waals surface area contributed by atoms with Gasteiger partial charge in [0.15, 0.2) is 0 Å². The van der Waals surface area contributed by atoms with Crippen molar-refractivity contribution < 1.29 is 23.9 Å². The molecule has 0 aromatic carbocycles. The van der Waals surface area contributed by atoms with Crippen LogP contribution in [0.4, 0.5) is 0 Å². The van der Waals surface area contributed by atoms with Gasteiger partial charge in [-0.25, -0.2) is 0 Å². The van der Waals surface area contributed by atoms with Gasteiger partial charge in [0.25, 0.3) is 0 Å². The molecule has 4 amide bonds. The highest BCUT2D eigenvalue weighted by molar-refractivity contribution is 7.79. The average molecular weight is 681 g/mol. The van der Waals surface area contributed by atoms with Crippen molar-refractivity contribution in [2.75, 3.05) is 34.3 Å². The summed E-state index contributed by atoms with van der Waals surface area (Å²) in [6, 6.07) is -1.53. The van der Waals surface area contributed by atoms with E-state index in [1.54, 1.807) is 30.8 Å². The predicted molar refractivity (Wildman–Crippen MR) is 186 cm³/mol. The Morgan fingerprint density at radius 2 is 1.79 bits per heavy atom. The van der Waals surface area contributed by atoms with E-state index in [4.69, 9.17) is 4.74 Å². The van der Waals surface area contributed by atoms with Gasteiger partial charge in [-0.05, 0) is 44.6 Å². The second kappa shape index (κ2) is 20.0. The van der Waals surface area contributed by atoms with E-state index >= 15 is 0 Å². The van der Waals surface area contributed by atoms with Crippen molar-refractivity contribution in [3.8, 4) is 0 Å². The number of likely N-dealkylation sites (tertiary alicyclic amines) is 1. The second-order valence-electron chi connectivity index (χ2n) is 13.5. The van der Waals surface area contributed by atoms with Gasteiger partial charge in [0.05, 0.1) is 36.8 Å². The molecule has 13 nitrogen and oxygen atoms in total. The highest BCUT2D eigenvalue weighted by atomic mass is 32.1. The third kappa shape index (κ3) is 11.7. The van der Waals surface area contributed by atoms with Gasteiger partial charge in [-0.1, -0.05) is 53.2 Å². The fourth-order valence-corrected chi connectivity index (χ4v) is 6.55. The Balaban J connectivity index is 2.05. The van der Waals surface area contributed by atoms with E-state index in [0.29, 0.717) is 38.2 Å². The third-order valence-corrected chi connectivity index (χ3v) is 9.51. The van der Waals surface area contributed by atoms with Crippen LogP contribution in [0.25, 0.3) is 0 Å². The number of likely N-dealkylation sites (N-methyl/N-ethyl adjacent to an activating group) is 2. The predicted octanol–water partition coefficient (Wildman–Crippen LogP) is 2.26. The molecule has 14 heteroatoms. The van der Waals surface area contributed by atoms with E-state index in [0.717, 1.165) is 25.0 Å². The van der Waals surface area contributed by atoms with Crippen LogP contribution < -0.4 is 16.0 Å². The lowest BCUT2D eigenvalue weighted by Gasteiger charge is -2.38. The summed E-state index contributed by atoms with van der Waals surface area (Å²) in [4.78, 5) is 57.1. The van der Waals surface area contributed by atoms with Gasteiger partial charge >= 0.3 is 0 Å². The first-order chi connectivity index (χ1) is 22.3. The first-order valence-corrected chi connectivity index (χ1v) is 17.8. The Labute approximate surface area is 287 Å². The summed E-state index contributed by atoms with van der Waals surface area (Å²) in [7, 11) is 5.05. The standard InChI is InChI=1S/C33H60N8O5S/c1-10-12-26(39(8)33(45)30(22(4)5)36-32(44)29(34-7)21(2)3)27(46-9)18-28(42)41-15-11-13-25(41)17-23(6)31(43)35-14-16-40-19-24(20-47)37-38-40/h19,21-23,25-27,29-30,34,47H,10-18,20H2,1-9H3,(H,35,43)(H,36,44). The van der Waals surface area contributed by atoms with E-state index < -0.39 is 18.2 Å². The normalized spacial score (nSPS) is 18.1. The molecule has 1 aliphatic heterocycles. The van der Waals surface area contributed by atoms with Crippen molar-refractivity contribution in [3.05, 3.63) is 11.9 Å². The van der Waals surface area contributed by atoms with Crippen molar-refractivity contribution in [1.29, 1.82) is 0 Å². The fraction of sp³-hybridized carbons (Fsp3) is 0.818. The van der Waals surface area contributed by atoms with Gasteiger partial charge in [-0.2, -0.15) is 12.6 Å². The number of carbonyl (C=O) groups excluding carboxylic acids is 4. The van der Waals surface area contributed by atoms with Gasteiger partial charge < -0.3 is 30.5 Å². The molecular weight excluding hydrogens is 620 g/mol. The minimum Gasteiger partial charge on any atom is -0.379 e. The Morgan fingerprint density at radius 1 is 1.11 bits per heavy atom. The summed E-state index contributed by atoms with van der Waals surface area (Å²) in [5, 5.41) is 17.0. The van der Waals surface area contributed by atoms with Crippen molar-refractivity contribution in [3.63, 3.8) is 0 Å². The van der Waals surface area contributed by atoms with Crippen LogP contribution in [0.1, 0.15) is 85.8 Å². The van der Waals surface area contributed by atoms with Crippen LogP contribution in [0.15, 0.2) is 6.20 Å². The molecule has 0 spiro atoms. The SMILES string of the molecule is CCCC(C(CC(=O)N1CCCC1CC(C)C(=O)NCCn1cc(CS)nn1)OC)N(C)C(=O)C(NC(=O)C(NC)C(C)C)C(C)C. The molecule has 6 atom stereocenters. The number of aromatic nitrogens is 3. The second-order valence-corrected chi connectivity index (χ2v) is 13.8. The van der Waals surface area contributed by atoms with E-state index in [9.17, 15) is 19.2 Å². The molecule has 0 radical (unpaired) electrons. The number of thiol groups is 1. The number of hydrogen-bond acceptors (Lipinski definition) is 9. The lowest BCUT2D eigenvalue weighted by atomic mass is 9.96. The maximum absolute atomic E-state index is 13.9. The molecule has 268 valence electrons. The molecule has 1 saturated heterocycles. The quantitative estimate of drug-likeness (QED) is 0.153.